The number of ether oxygens (including phenoxy) is 1. The number of hydrogen-bond acceptors (Lipinski definition) is 5. The van der Waals surface area contributed by atoms with Crippen LogP contribution in [0, 0.1) is 5.82 Å². The lowest BCUT2D eigenvalue weighted by molar-refractivity contribution is 0.0696. The van der Waals surface area contributed by atoms with Gasteiger partial charge in [0.1, 0.15) is 5.82 Å². The maximum absolute atomic E-state index is 14.1. The maximum atomic E-state index is 14.1. The van der Waals surface area contributed by atoms with E-state index in [4.69, 9.17) is 4.74 Å². The third-order valence-electron chi connectivity index (χ3n) is 8.60. The molecule has 45 heavy (non-hydrogen) atoms. The summed E-state index contributed by atoms with van der Waals surface area (Å²) in [5, 5.41) is 15.2. The summed E-state index contributed by atoms with van der Waals surface area (Å²) in [6.45, 7) is 1.25. The first-order valence-corrected chi connectivity index (χ1v) is 16.3. The maximum Gasteiger partial charge on any atom is 0.335 e. The van der Waals surface area contributed by atoms with E-state index in [1.165, 1.54) is 12.1 Å². The van der Waals surface area contributed by atoms with Crippen molar-refractivity contribution in [1.29, 1.82) is 0 Å². The molecule has 0 atom stereocenters. The highest BCUT2D eigenvalue weighted by atomic mass is 32.2. The zero-order valence-corrected chi connectivity index (χ0v) is 25.1. The van der Waals surface area contributed by atoms with Gasteiger partial charge in [-0.2, -0.15) is 17.6 Å². The first-order valence-electron chi connectivity index (χ1n) is 14.8. The number of hydrogen-bond donors (Lipinski definition) is 1. The number of carboxylic acids is 1. The SMILES string of the molecule is O=C(O)c1ccc(CCc2c(C3CCOCC3)n(-c3ccc(F)cc3)c3cc4cnn(S(=O)(=O)c5ccccc5)c4cc23)cc1. The molecule has 10 heteroatoms. The topological polar surface area (TPSA) is 103 Å². The van der Waals surface area contributed by atoms with Gasteiger partial charge in [-0.1, -0.05) is 30.3 Å². The highest BCUT2D eigenvalue weighted by Gasteiger charge is 2.29. The fraction of sp³-hybridized carbons (Fsp3) is 0.200. The Hall–Kier alpha value is -4.80. The molecule has 228 valence electrons. The molecule has 4 aromatic carbocycles. The highest BCUT2D eigenvalue weighted by molar-refractivity contribution is 7.90. The molecular formula is C35H30FN3O5S. The van der Waals surface area contributed by atoms with Gasteiger partial charge in [-0.3, -0.25) is 0 Å². The lowest BCUT2D eigenvalue weighted by atomic mass is 9.90. The van der Waals surface area contributed by atoms with E-state index in [9.17, 15) is 22.7 Å². The van der Waals surface area contributed by atoms with Crippen LogP contribution in [0.15, 0.2) is 102 Å². The summed E-state index contributed by atoms with van der Waals surface area (Å²) in [6, 6.07) is 25.4. The van der Waals surface area contributed by atoms with Gasteiger partial charge in [-0.05, 0) is 97.5 Å². The number of aromatic nitrogens is 3. The molecule has 0 radical (unpaired) electrons. The molecule has 0 saturated carbocycles. The van der Waals surface area contributed by atoms with Crippen molar-refractivity contribution in [2.75, 3.05) is 13.2 Å². The number of rotatable bonds is 8. The van der Waals surface area contributed by atoms with Crippen molar-refractivity contribution in [1.82, 2.24) is 13.8 Å². The molecule has 1 aliphatic rings. The van der Waals surface area contributed by atoms with Crippen LogP contribution in [0.4, 0.5) is 4.39 Å². The van der Waals surface area contributed by atoms with Gasteiger partial charge in [-0.25, -0.2) is 9.18 Å². The average Bonchev–Trinajstić information content (AvgIpc) is 3.63. The number of fused-ring (bicyclic) bond motifs is 2. The van der Waals surface area contributed by atoms with E-state index < -0.39 is 16.0 Å². The molecule has 1 N–H and O–H groups in total. The zero-order valence-electron chi connectivity index (χ0n) is 24.3. The predicted molar refractivity (Wildman–Crippen MR) is 169 cm³/mol. The fourth-order valence-corrected chi connectivity index (χ4v) is 7.66. The van der Waals surface area contributed by atoms with Gasteiger partial charge in [-0.15, -0.1) is 0 Å². The normalized spacial score (nSPS) is 14.3. The predicted octanol–water partition coefficient (Wildman–Crippen LogP) is 6.73. The monoisotopic (exact) mass is 623 g/mol. The van der Waals surface area contributed by atoms with Crippen molar-refractivity contribution in [3.8, 4) is 5.69 Å². The van der Waals surface area contributed by atoms with Crippen molar-refractivity contribution >= 4 is 37.8 Å². The molecular weight excluding hydrogens is 593 g/mol. The summed E-state index contributed by atoms with van der Waals surface area (Å²) in [5.41, 5.74) is 5.53. The van der Waals surface area contributed by atoms with Crippen LogP contribution in [0.1, 0.15) is 45.9 Å². The van der Waals surface area contributed by atoms with E-state index in [1.807, 2.05) is 24.3 Å². The molecule has 1 aliphatic heterocycles. The average molecular weight is 624 g/mol. The van der Waals surface area contributed by atoms with Crippen LogP contribution in [-0.2, 0) is 27.6 Å². The van der Waals surface area contributed by atoms with E-state index >= 15 is 0 Å². The minimum absolute atomic E-state index is 0.145. The van der Waals surface area contributed by atoms with E-state index in [2.05, 4.69) is 9.67 Å². The van der Waals surface area contributed by atoms with Gasteiger partial charge in [0.15, 0.2) is 0 Å². The summed E-state index contributed by atoms with van der Waals surface area (Å²) in [5.74, 6) is -1.15. The van der Waals surface area contributed by atoms with Gasteiger partial charge >= 0.3 is 5.97 Å². The number of nitrogens with zero attached hydrogens (tertiary/aromatic N) is 3. The number of aromatic carboxylic acids is 1. The molecule has 1 saturated heterocycles. The number of halogens is 1. The van der Waals surface area contributed by atoms with Gasteiger partial charge < -0.3 is 14.4 Å². The summed E-state index contributed by atoms with van der Waals surface area (Å²) < 4.78 is 50.5. The third-order valence-corrected chi connectivity index (χ3v) is 10.2. The van der Waals surface area contributed by atoms with E-state index in [-0.39, 0.29) is 22.2 Å². The van der Waals surface area contributed by atoms with E-state index in [0.29, 0.717) is 37.0 Å². The Balaban J connectivity index is 1.46. The molecule has 6 aromatic rings. The first kappa shape index (κ1) is 28.9. The number of carbonyl (C=O) groups is 1. The molecule has 0 spiro atoms. The molecule has 0 aliphatic carbocycles. The number of carboxylic acid groups (broad SMARTS) is 1. The second-order valence-electron chi connectivity index (χ2n) is 11.3. The molecule has 7 rings (SSSR count). The van der Waals surface area contributed by atoms with Crippen molar-refractivity contribution in [3.05, 3.63) is 125 Å². The number of aryl methyl sites for hydroxylation is 2. The lowest BCUT2D eigenvalue weighted by Gasteiger charge is -2.26. The largest absolute Gasteiger partial charge is 0.478 e. The van der Waals surface area contributed by atoms with E-state index in [1.54, 1.807) is 60.8 Å². The first-order chi connectivity index (χ1) is 21.8. The van der Waals surface area contributed by atoms with Crippen molar-refractivity contribution in [2.45, 2.75) is 36.5 Å². The summed E-state index contributed by atoms with van der Waals surface area (Å²) >= 11 is 0. The molecule has 8 nitrogen and oxygen atoms in total. The molecule has 0 bridgehead atoms. The van der Waals surface area contributed by atoms with Gasteiger partial charge in [0, 0.05) is 41.3 Å². The Morgan fingerprint density at radius 3 is 2.31 bits per heavy atom. The fourth-order valence-electron chi connectivity index (χ4n) is 6.37. The summed E-state index contributed by atoms with van der Waals surface area (Å²) in [6.07, 6.45) is 4.45. The van der Waals surface area contributed by atoms with Crippen LogP contribution in [-0.4, -0.2) is 46.5 Å². The Labute approximate surface area is 259 Å². The van der Waals surface area contributed by atoms with Gasteiger partial charge in [0.2, 0.25) is 0 Å². The Morgan fingerprint density at radius 2 is 1.62 bits per heavy atom. The Morgan fingerprint density at radius 1 is 0.911 bits per heavy atom. The molecule has 0 unspecified atom stereocenters. The van der Waals surface area contributed by atoms with Gasteiger partial charge in [0.25, 0.3) is 10.0 Å². The second-order valence-corrected chi connectivity index (χ2v) is 13.1. The van der Waals surface area contributed by atoms with Crippen LogP contribution >= 0.6 is 0 Å². The minimum atomic E-state index is -3.96. The van der Waals surface area contributed by atoms with Crippen LogP contribution in [0.3, 0.4) is 0 Å². The van der Waals surface area contributed by atoms with Crippen LogP contribution < -0.4 is 0 Å². The second kappa shape index (κ2) is 11.6. The Bertz CT molecular complexity index is 2130. The molecule has 1 fully saturated rings. The smallest absolute Gasteiger partial charge is 0.335 e. The van der Waals surface area contributed by atoms with Crippen LogP contribution in [0.2, 0.25) is 0 Å². The van der Waals surface area contributed by atoms with Crippen molar-refractivity contribution < 1.29 is 27.4 Å². The van der Waals surface area contributed by atoms with Crippen LogP contribution in [0.5, 0.6) is 0 Å². The minimum Gasteiger partial charge on any atom is -0.478 e. The highest BCUT2D eigenvalue weighted by Crippen LogP contribution is 2.41. The standard InChI is InChI=1S/C35H30FN3O5S/c36-27-11-13-28(14-12-27)38-33-20-26-22-37-39(45(42,43)29-4-2-1-3-5-29)32(26)21-31(33)30(34(38)24-16-18-44-19-17-24)15-8-23-6-9-25(10-7-23)35(40)41/h1-7,9-14,20-22,24H,8,15-19H2,(H,40,41). The van der Waals surface area contributed by atoms with Crippen molar-refractivity contribution in [3.63, 3.8) is 0 Å². The van der Waals surface area contributed by atoms with Crippen LogP contribution in [0.25, 0.3) is 27.5 Å². The molecule has 2 aromatic heterocycles. The van der Waals surface area contributed by atoms with E-state index in [0.717, 1.165) is 50.3 Å². The molecule has 0 amide bonds. The molecule has 3 heterocycles. The lowest BCUT2D eigenvalue weighted by Crippen LogP contribution is -2.18. The van der Waals surface area contributed by atoms with Gasteiger partial charge in [0.05, 0.1) is 27.7 Å². The summed E-state index contributed by atoms with van der Waals surface area (Å²) in [4.78, 5) is 11.5. The Kier molecular flexibility index (Phi) is 7.47. The van der Waals surface area contributed by atoms with Crippen molar-refractivity contribution in [2.24, 2.45) is 0 Å². The third kappa shape index (κ3) is 5.30. The zero-order chi connectivity index (χ0) is 31.1. The summed E-state index contributed by atoms with van der Waals surface area (Å²) in [7, 11) is -3.96. The number of benzene rings is 4. The quantitative estimate of drug-likeness (QED) is 0.202.